The van der Waals surface area contributed by atoms with Crippen molar-refractivity contribution in [2.45, 2.75) is 84.0 Å². The summed E-state index contributed by atoms with van der Waals surface area (Å²) in [7, 11) is 0. The Hall–Kier alpha value is 1.05. The van der Waals surface area contributed by atoms with Crippen molar-refractivity contribution in [3.63, 3.8) is 0 Å². The van der Waals surface area contributed by atoms with Crippen LogP contribution in [-0.4, -0.2) is 27.3 Å². The fourth-order valence-corrected chi connectivity index (χ4v) is 2.40. The summed E-state index contributed by atoms with van der Waals surface area (Å²) in [5, 5.41) is 0. The third-order valence-corrected chi connectivity index (χ3v) is 3.78. The van der Waals surface area contributed by atoms with Crippen molar-refractivity contribution in [2.75, 3.05) is 6.61 Å². The van der Waals surface area contributed by atoms with E-state index in [2.05, 4.69) is 11.1 Å². The van der Waals surface area contributed by atoms with E-state index in [4.69, 9.17) is 4.74 Å². The van der Waals surface area contributed by atoms with E-state index in [-0.39, 0.29) is 74.8 Å². The van der Waals surface area contributed by atoms with Crippen molar-refractivity contribution in [3.8, 4) is 0 Å². The van der Waals surface area contributed by atoms with Gasteiger partial charge in [0.05, 0.1) is 19.4 Å². The second-order valence-electron chi connectivity index (χ2n) is 5.56. The quantitative estimate of drug-likeness (QED) is 0.135. The minimum absolute atomic E-state index is 0. The van der Waals surface area contributed by atoms with Gasteiger partial charge in [0.2, 0.25) is 0 Å². The summed E-state index contributed by atoms with van der Waals surface area (Å²) < 4.78 is 29.0. The number of hydrogen-bond acceptors (Lipinski definition) is 6. The monoisotopic (exact) mass is 397 g/mol. The Morgan fingerprint density at radius 3 is 1.76 bits per heavy atom. The molecule has 1 atom stereocenters. The molecule has 0 aliphatic carbocycles. The molecule has 0 amide bonds. The number of ether oxygens (including phenoxy) is 1. The number of carbonyl (C=O) groups is 2. The average molecular weight is 397 g/mol. The predicted octanol–water partition coefficient (Wildman–Crippen LogP) is -2.20. The Kier molecular flexibility index (Phi) is 28.4. The molecule has 0 aromatic heterocycles. The molecule has 6 nitrogen and oxygen atoms in total. The van der Waals surface area contributed by atoms with Crippen LogP contribution in [0.4, 0.5) is 0 Å². The number of rotatable bonds is 15. The molecule has 9 heteroatoms. The van der Waals surface area contributed by atoms with Crippen LogP contribution >= 0.6 is 0 Å². The Morgan fingerprint density at radius 2 is 1.28 bits per heavy atom. The average Bonchev–Trinajstić information content (AvgIpc) is 2.50. The molecule has 0 aliphatic heterocycles. The molecule has 140 valence electrons. The first-order valence-electron chi connectivity index (χ1n) is 8.52. The van der Waals surface area contributed by atoms with Crippen molar-refractivity contribution in [3.05, 3.63) is 0 Å². The van der Waals surface area contributed by atoms with Gasteiger partial charge in [0, 0.05) is 0 Å². The van der Waals surface area contributed by atoms with E-state index < -0.39 is 23.3 Å². The van der Waals surface area contributed by atoms with E-state index in [9.17, 15) is 18.4 Å². The SMILES string of the molecule is CCCCCCCCCCCCOC(=O)CCC(=O)OS(=O)[O-].[H-].[H-].[Na+].[Na+]. The minimum atomic E-state index is -2.88. The van der Waals surface area contributed by atoms with Gasteiger partial charge in [0.25, 0.3) is 0 Å². The van der Waals surface area contributed by atoms with Crippen LogP contribution in [0.25, 0.3) is 0 Å². The van der Waals surface area contributed by atoms with Gasteiger partial charge in [-0.2, -0.15) is 0 Å². The molecule has 0 aromatic rings. The molecule has 0 spiro atoms. The van der Waals surface area contributed by atoms with Crippen LogP contribution in [0.3, 0.4) is 0 Å². The molecule has 25 heavy (non-hydrogen) atoms. The first kappa shape index (κ1) is 30.8. The van der Waals surface area contributed by atoms with E-state index in [1.165, 1.54) is 44.9 Å². The zero-order valence-electron chi connectivity index (χ0n) is 18.1. The minimum Gasteiger partial charge on any atom is -1.00 e. The molecule has 0 radical (unpaired) electrons. The first-order valence-corrected chi connectivity index (χ1v) is 9.52. The summed E-state index contributed by atoms with van der Waals surface area (Å²) in [5.74, 6) is -1.45. The standard InChI is InChI=1S/C16H30O6S.2Na.2H/c1-2-3-4-5-6-7-8-9-10-11-14-21-15(17)12-13-16(18)22-23(19)20;;;;/h2-14H2,1H3,(H,19,20);;;;/q;2*+1;2*-1/p-1. The first-order chi connectivity index (χ1) is 11.1. The van der Waals surface area contributed by atoms with Crippen molar-refractivity contribution < 1.29 is 89.2 Å². The van der Waals surface area contributed by atoms with Gasteiger partial charge >= 0.3 is 71.1 Å². The summed E-state index contributed by atoms with van der Waals surface area (Å²) in [6.07, 6.45) is 11.6. The normalized spacial score (nSPS) is 11.0. The van der Waals surface area contributed by atoms with Gasteiger partial charge in [-0.1, -0.05) is 64.7 Å². The van der Waals surface area contributed by atoms with Crippen LogP contribution in [0.15, 0.2) is 0 Å². The third-order valence-electron chi connectivity index (χ3n) is 3.46. The fraction of sp³-hybridized carbons (Fsp3) is 0.875. The maximum absolute atomic E-state index is 11.3. The van der Waals surface area contributed by atoms with Crippen molar-refractivity contribution in [1.29, 1.82) is 0 Å². The number of hydrogen-bond donors (Lipinski definition) is 0. The van der Waals surface area contributed by atoms with Crippen LogP contribution in [0, 0.1) is 0 Å². The topological polar surface area (TPSA) is 92.7 Å². The van der Waals surface area contributed by atoms with Gasteiger partial charge < -0.3 is 16.3 Å². The van der Waals surface area contributed by atoms with Crippen LogP contribution in [-0.2, 0) is 29.9 Å². The predicted molar refractivity (Wildman–Crippen MR) is 89.3 cm³/mol. The Morgan fingerprint density at radius 1 is 0.840 bits per heavy atom. The molecule has 0 aliphatic rings. The van der Waals surface area contributed by atoms with Crippen LogP contribution < -0.4 is 59.1 Å². The fourth-order valence-electron chi connectivity index (χ4n) is 2.17. The molecule has 1 unspecified atom stereocenters. The van der Waals surface area contributed by atoms with Gasteiger partial charge in [0.15, 0.2) is 0 Å². The summed E-state index contributed by atoms with van der Waals surface area (Å²) in [6.45, 7) is 2.56. The van der Waals surface area contributed by atoms with E-state index >= 15 is 0 Å². The van der Waals surface area contributed by atoms with E-state index in [1.807, 2.05) is 0 Å². The summed E-state index contributed by atoms with van der Waals surface area (Å²) in [5.41, 5.74) is 0. The summed E-state index contributed by atoms with van der Waals surface area (Å²) >= 11 is -2.88. The zero-order chi connectivity index (χ0) is 17.3. The molecule has 0 aromatic carbocycles. The number of carbonyl (C=O) groups excluding carboxylic acids is 2. The Bertz CT molecular complexity index is 366. The van der Waals surface area contributed by atoms with Crippen molar-refractivity contribution >= 4 is 23.3 Å². The van der Waals surface area contributed by atoms with Crippen LogP contribution in [0.2, 0.25) is 0 Å². The van der Waals surface area contributed by atoms with Gasteiger partial charge in [-0.3, -0.25) is 9.59 Å². The number of esters is 1. The molecular formula is C16H31Na2O6S-. The molecule has 0 bridgehead atoms. The van der Waals surface area contributed by atoms with E-state index in [1.54, 1.807) is 0 Å². The largest absolute Gasteiger partial charge is 1.00 e. The maximum Gasteiger partial charge on any atom is 1.00 e. The molecule has 0 rings (SSSR count). The Labute approximate surface area is 201 Å². The molecule has 0 fully saturated rings. The molecule has 0 saturated heterocycles. The second-order valence-corrected chi connectivity index (χ2v) is 6.14. The van der Waals surface area contributed by atoms with Crippen LogP contribution in [0.1, 0.15) is 86.8 Å². The summed E-state index contributed by atoms with van der Waals surface area (Å²) in [4.78, 5) is 22.2. The number of unbranched alkanes of at least 4 members (excludes halogenated alkanes) is 9. The molecule has 0 N–H and O–H groups in total. The molecular weight excluding hydrogens is 366 g/mol. The molecule has 0 saturated carbocycles. The molecule has 0 heterocycles. The second kappa shape index (κ2) is 23.1. The van der Waals surface area contributed by atoms with E-state index in [0.29, 0.717) is 6.61 Å². The van der Waals surface area contributed by atoms with Gasteiger partial charge in [-0.05, 0) is 6.42 Å². The van der Waals surface area contributed by atoms with E-state index in [0.717, 1.165) is 19.3 Å². The van der Waals surface area contributed by atoms with Gasteiger partial charge in [-0.15, -0.1) is 0 Å². The maximum atomic E-state index is 11.3. The van der Waals surface area contributed by atoms with Gasteiger partial charge in [0.1, 0.15) is 11.4 Å². The van der Waals surface area contributed by atoms with Crippen molar-refractivity contribution in [2.24, 2.45) is 0 Å². The van der Waals surface area contributed by atoms with Crippen molar-refractivity contribution in [1.82, 2.24) is 0 Å². The Balaban J connectivity index is -0.000000403. The third kappa shape index (κ3) is 25.1. The summed E-state index contributed by atoms with van der Waals surface area (Å²) in [6, 6.07) is 0. The van der Waals surface area contributed by atoms with Gasteiger partial charge in [-0.25, -0.2) is 4.21 Å². The zero-order valence-corrected chi connectivity index (χ0v) is 20.9. The smallest absolute Gasteiger partial charge is 1.00 e. The van der Waals surface area contributed by atoms with Crippen LogP contribution in [0.5, 0.6) is 0 Å².